The van der Waals surface area contributed by atoms with Crippen LogP contribution in [0, 0.1) is 28.6 Å². The fourth-order valence-corrected chi connectivity index (χ4v) is 4.89. The van der Waals surface area contributed by atoms with Crippen LogP contribution in [0.3, 0.4) is 0 Å². The van der Waals surface area contributed by atoms with Crippen molar-refractivity contribution in [3.05, 3.63) is 0 Å². The van der Waals surface area contributed by atoms with Gasteiger partial charge in [0.25, 0.3) is 0 Å². The predicted octanol–water partition coefficient (Wildman–Crippen LogP) is 5.25. The zero-order valence-corrected chi connectivity index (χ0v) is 14.6. The molecule has 1 N–H and O–H groups in total. The van der Waals surface area contributed by atoms with Crippen LogP contribution >= 0.6 is 0 Å². The van der Waals surface area contributed by atoms with Gasteiger partial charge in [0.2, 0.25) is 0 Å². The quantitative estimate of drug-likeness (QED) is 0.727. The third-order valence-electron chi connectivity index (χ3n) is 6.26. The smallest absolute Gasteiger partial charge is 0.00151 e. The molecule has 1 aliphatic heterocycles. The van der Waals surface area contributed by atoms with E-state index < -0.39 is 0 Å². The fourth-order valence-electron chi connectivity index (χ4n) is 4.89. The van der Waals surface area contributed by atoms with Crippen molar-refractivity contribution in [2.45, 2.75) is 79.6 Å². The second-order valence-electron chi connectivity index (χ2n) is 9.14. The second kappa shape index (κ2) is 6.38. The summed E-state index contributed by atoms with van der Waals surface area (Å²) in [5.74, 6) is 2.71. The maximum absolute atomic E-state index is 3.67. The van der Waals surface area contributed by atoms with Gasteiger partial charge >= 0.3 is 0 Å². The Morgan fingerprint density at radius 2 is 1.85 bits per heavy atom. The molecule has 0 bridgehead atoms. The summed E-state index contributed by atoms with van der Waals surface area (Å²) in [5, 5.41) is 3.67. The Morgan fingerprint density at radius 3 is 2.50 bits per heavy atom. The first-order valence-corrected chi connectivity index (χ1v) is 9.04. The van der Waals surface area contributed by atoms with Gasteiger partial charge in [-0.05, 0) is 80.2 Å². The van der Waals surface area contributed by atoms with Gasteiger partial charge in [0.05, 0.1) is 0 Å². The van der Waals surface area contributed by atoms with E-state index in [0.717, 1.165) is 17.8 Å². The van der Waals surface area contributed by atoms with Crippen molar-refractivity contribution < 1.29 is 0 Å². The Bertz CT molecular complexity index is 301. The lowest BCUT2D eigenvalue weighted by atomic mass is 9.63. The van der Waals surface area contributed by atoms with E-state index in [4.69, 9.17) is 0 Å². The number of piperidine rings is 1. The predicted molar refractivity (Wildman–Crippen MR) is 88.9 cm³/mol. The average molecular weight is 280 g/mol. The Balaban J connectivity index is 2.08. The molecule has 3 unspecified atom stereocenters. The van der Waals surface area contributed by atoms with E-state index in [1.54, 1.807) is 0 Å². The van der Waals surface area contributed by atoms with Gasteiger partial charge in [0.15, 0.2) is 0 Å². The fraction of sp³-hybridized carbons (Fsp3) is 1.00. The van der Waals surface area contributed by atoms with E-state index in [9.17, 15) is 0 Å². The maximum Gasteiger partial charge on any atom is -0.00151 e. The van der Waals surface area contributed by atoms with Gasteiger partial charge < -0.3 is 5.32 Å². The molecule has 0 aromatic carbocycles. The molecule has 2 rings (SSSR count). The van der Waals surface area contributed by atoms with E-state index in [2.05, 4.69) is 39.9 Å². The van der Waals surface area contributed by atoms with Crippen molar-refractivity contribution in [3.63, 3.8) is 0 Å². The third-order valence-corrected chi connectivity index (χ3v) is 6.26. The molecule has 1 heteroatoms. The summed E-state index contributed by atoms with van der Waals surface area (Å²) < 4.78 is 0. The van der Waals surface area contributed by atoms with Crippen molar-refractivity contribution in [2.24, 2.45) is 28.6 Å². The van der Waals surface area contributed by atoms with Crippen molar-refractivity contribution in [2.75, 3.05) is 13.1 Å². The maximum atomic E-state index is 3.67. The molecule has 1 spiro atoms. The first-order valence-electron chi connectivity index (χ1n) is 9.04. The summed E-state index contributed by atoms with van der Waals surface area (Å²) >= 11 is 0. The topological polar surface area (TPSA) is 12.0 Å². The molecular formula is C19H37N. The van der Waals surface area contributed by atoms with E-state index in [0.29, 0.717) is 10.8 Å². The number of rotatable bonds is 2. The minimum absolute atomic E-state index is 0.506. The molecule has 1 heterocycles. The normalized spacial score (nSPS) is 36.3. The molecule has 118 valence electrons. The van der Waals surface area contributed by atoms with Crippen LogP contribution in [-0.2, 0) is 0 Å². The van der Waals surface area contributed by atoms with E-state index in [1.165, 1.54) is 58.0 Å². The van der Waals surface area contributed by atoms with Gasteiger partial charge in [0, 0.05) is 0 Å². The van der Waals surface area contributed by atoms with Crippen LogP contribution in [0.1, 0.15) is 79.6 Å². The SMILES string of the molecule is CC(C)CC1CNCCC12CCCC(C(C)(C)C)CC2. The molecular weight excluding hydrogens is 242 g/mol. The molecule has 0 radical (unpaired) electrons. The van der Waals surface area contributed by atoms with Gasteiger partial charge in [-0.2, -0.15) is 0 Å². The molecule has 3 atom stereocenters. The highest BCUT2D eigenvalue weighted by Gasteiger charge is 2.42. The van der Waals surface area contributed by atoms with Crippen LogP contribution in [-0.4, -0.2) is 13.1 Å². The Labute approximate surface area is 127 Å². The third kappa shape index (κ3) is 3.78. The monoisotopic (exact) mass is 279 g/mol. The first kappa shape index (κ1) is 16.3. The Kier molecular flexibility index (Phi) is 5.21. The van der Waals surface area contributed by atoms with Crippen molar-refractivity contribution >= 4 is 0 Å². The lowest BCUT2D eigenvalue weighted by Crippen LogP contribution is -2.45. The molecule has 2 aliphatic rings. The Hall–Kier alpha value is -0.0400. The van der Waals surface area contributed by atoms with Gasteiger partial charge in [-0.25, -0.2) is 0 Å². The summed E-state index contributed by atoms with van der Waals surface area (Å²) in [6, 6.07) is 0. The molecule has 0 aromatic rings. The van der Waals surface area contributed by atoms with Crippen LogP contribution in [0.5, 0.6) is 0 Å². The molecule has 0 amide bonds. The summed E-state index contributed by atoms with van der Waals surface area (Å²) in [4.78, 5) is 0. The van der Waals surface area contributed by atoms with Crippen molar-refractivity contribution in [1.29, 1.82) is 0 Å². The Morgan fingerprint density at radius 1 is 1.10 bits per heavy atom. The molecule has 20 heavy (non-hydrogen) atoms. The van der Waals surface area contributed by atoms with Crippen LogP contribution in [0.2, 0.25) is 0 Å². The largest absolute Gasteiger partial charge is 0.316 e. The van der Waals surface area contributed by atoms with E-state index >= 15 is 0 Å². The van der Waals surface area contributed by atoms with Crippen LogP contribution in [0.25, 0.3) is 0 Å². The molecule has 1 saturated carbocycles. The molecule has 1 nitrogen and oxygen atoms in total. The highest BCUT2D eigenvalue weighted by Crippen LogP contribution is 2.50. The highest BCUT2D eigenvalue weighted by molar-refractivity contribution is 4.95. The van der Waals surface area contributed by atoms with E-state index in [1.807, 2.05) is 0 Å². The van der Waals surface area contributed by atoms with Gasteiger partial charge in [0.1, 0.15) is 0 Å². The second-order valence-corrected chi connectivity index (χ2v) is 9.14. The lowest BCUT2D eigenvalue weighted by Gasteiger charge is -2.45. The summed E-state index contributed by atoms with van der Waals surface area (Å²) in [6.45, 7) is 14.7. The molecule has 2 fully saturated rings. The summed E-state index contributed by atoms with van der Waals surface area (Å²) in [7, 11) is 0. The first-order chi connectivity index (χ1) is 9.33. The van der Waals surface area contributed by atoms with Gasteiger partial charge in [-0.1, -0.05) is 41.0 Å². The number of hydrogen-bond donors (Lipinski definition) is 1. The molecule has 0 aromatic heterocycles. The van der Waals surface area contributed by atoms with Crippen LogP contribution in [0.4, 0.5) is 0 Å². The number of hydrogen-bond acceptors (Lipinski definition) is 1. The summed E-state index contributed by atoms with van der Waals surface area (Å²) in [5.41, 5.74) is 1.18. The minimum atomic E-state index is 0.506. The highest BCUT2D eigenvalue weighted by atomic mass is 14.9. The average Bonchev–Trinajstić information content (AvgIpc) is 2.55. The lowest BCUT2D eigenvalue weighted by molar-refractivity contribution is 0.0667. The molecule has 1 saturated heterocycles. The molecule has 1 aliphatic carbocycles. The number of nitrogens with one attached hydrogen (secondary N) is 1. The van der Waals surface area contributed by atoms with Crippen molar-refractivity contribution in [3.8, 4) is 0 Å². The van der Waals surface area contributed by atoms with Crippen LogP contribution < -0.4 is 5.32 Å². The van der Waals surface area contributed by atoms with Gasteiger partial charge in [-0.15, -0.1) is 0 Å². The van der Waals surface area contributed by atoms with E-state index in [-0.39, 0.29) is 0 Å². The van der Waals surface area contributed by atoms with Crippen LogP contribution in [0.15, 0.2) is 0 Å². The summed E-state index contributed by atoms with van der Waals surface area (Å²) in [6.07, 6.45) is 10.3. The van der Waals surface area contributed by atoms with Gasteiger partial charge in [-0.3, -0.25) is 0 Å². The zero-order chi connectivity index (χ0) is 14.8. The zero-order valence-electron chi connectivity index (χ0n) is 14.6. The minimum Gasteiger partial charge on any atom is -0.316 e. The van der Waals surface area contributed by atoms with Crippen molar-refractivity contribution in [1.82, 2.24) is 5.32 Å². The standard InChI is InChI=1S/C19H37N/c1-15(2)13-17-14-20-12-11-19(17)9-6-7-16(8-10-19)18(3,4)5/h15-17,20H,6-14H2,1-5H3.